The first kappa shape index (κ1) is 19.1. The van der Waals surface area contributed by atoms with Gasteiger partial charge >= 0.3 is 0 Å². The van der Waals surface area contributed by atoms with Gasteiger partial charge in [-0.05, 0) is 50.2 Å². The number of benzene rings is 2. The Labute approximate surface area is 159 Å². The van der Waals surface area contributed by atoms with E-state index in [2.05, 4.69) is 20.6 Å². The van der Waals surface area contributed by atoms with Gasteiger partial charge in [-0.2, -0.15) is 0 Å². The molecule has 0 bridgehead atoms. The highest BCUT2D eigenvalue weighted by Crippen LogP contribution is 2.19. The van der Waals surface area contributed by atoms with Gasteiger partial charge in [0.25, 0.3) is 5.91 Å². The average molecular weight is 382 g/mol. The lowest BCUT2D eigenvalue weighted by atomic mass is 10.1. The highest BCUT2D eigenvalue weighted by Gasteiger charge is 2.14. The number of carbonyl (C=O) groups excluding carboxylic acids is 2. The van der Waals surface area contributed by atoms with E-state index in [4.69, 9.17) is 0 Å². The summed E-state index contributed by atoms with van der Waals surface area (Å²) in [4.78, 5) is 32.0. The number of Topliss-reactive ketones (excluding diaryl/α,β-unsaturated/α-hetero) is 1. The van der Waals surface area contributed by atoms with Gasteiger partial charge in [0.15, 0.2) is 5.78 Å². The maximum Gasteiger partial charge on any atom is 0.274 e. The van der Waals surface area contributed by atoms with Crippen LogP contribution in [0.2, 0.25) is 0 Å². The van der Waals surface area contributed by atoms with Gasteiger partial charge in [-0.25, -0.2) is 18.7 Å². The van der Waals surface area contributed by atoms with E-state index in [1.807, 2.05) is 0 Å². The molecule has 28 heavy (non-hydrogen) atoms. The Kier molecular flexibility index (Phi) is 5.39. The summed E-state index contributed by atoms with van der Waals surface area (Å²) in [6.07, 6.45) is 0. The van der Waals surface area contributed by atoms with Gasteiger partial charge in [-0.15, -0.1) is 0 Å². The lowest BCUT2D eigenvalue weighted by Gasteiger charge is -2.10. The Bertz CT molecular complexity index is 1050. The second kappa shape index (κ2) is 7.91. The second-order valence-corrected chi connectivity index (χ2v) is 6.02. The first-order chi connectivity index (χ1) is 13.3. The number of anilines is 3. The predicted molar refractivity (Wildman–Crippen MR) is 101 cm³/mol. The molecule has 0 aliphatic carbocycles. The minimum Gasteiger partial charge on any atom is -0.340 e. The molecule has 0 radical (unpaired) electrons. The van der Waals surface area contributed by atoms with Crippen molar-refractivity contribution in [3.63, 3.8) is 0 Å². The second-order valence-electron chi connectivity index (χ2n) is 6.02. The van der Waals surface area contributed by atoms with Crippen molar-refractivity contribution in [1.82, 2.24) is 9.97 Å². The van der Waals surface area contributed by atoms with E-state index in [9.17, 15) is 18.4 Å². The number of halogens is 2. The highest BCUT2D eigenvalue weighted by atomic mass is 19.1. The van der Waals surface area contributed by atoms with Gasteiger partial charge in [0.2, 0.25) is 0 Å². The average Bonchev–Trinajstić information content (AvgIpc) is 2.64. The fourth-order valence-electron chi connectivity index (χ4n) is 2.46. The van der Waals surface area contributed by atoms with Crippen molar-refractivity contribution in [2.45, 2.75) is 13.8 Å². The van der Waals surface area contributed by atoms with Gasteiger partial charge in [-0.3, -0.25) is 9.59 Å². The third kappa shape index (κ3) is 4.53. The van der Waals surface area contributed by atoms with E-state index in [-0.39, 0.29) is 17.2 Å². The van der Waals surface area contributed by atoms with Crippen LogP contribution in [0.5, 0.6) is 0 Å². The molecular weight excluding hydrogens is 366 g/mol. The van der Waals surface area contributed by atoms with Crippen LogP contribution in [0.1, 0.15) is 33.6 Å². The van der Waals surface area contributed by atoms with E-state index >= 15 is 0 Å². The van der Waals surface area contributed by atoms with Gasteiger partial charge in [0.05, 0.1) is 5.69 Å². The van der Waals surface area contributed by atoms with Crippen LogP contribution in [0.15, 0.2) is 48.5 Å². The molecule has 6 nitrogen and oxygen atoms in total. The van der Waals surface area contributed by atoms with E-state index in [0.717, 1.165) is 12.1 Å². The number of ketones is 1. The van der Waals surface area contributed by atoms with Crippen LogP contribution in [0.25, 0.3) is 0 Å². The highest BCUT2D eigenvalue weighted by molar-refractivity contribution is 6.03. The van der Waals surface area contributed by atoms with Crippen molar-refractivity contribution in [3.05, 3.63) is 77.2 Å². The number of nitrogens with zero attached hydrogens (tertiary/aromatic N) is 2. The van der Waals surface area contributed by atoms with Crippen LogP contribution in [0.3, 0.4) is 0 Å². The van der Waals surface area contributed by atoms with Gasteiger partial charge in [0, 0.05) is 23.4 Å². The number of aromatic nitrogens is 2. The van der Waals surface area contributed by atoms with E-state index in [0.29, 0.717) is 29.0 Å². The first-order valence-corrected chi connectivity index (χ1v) is 8.32. The molecule has 3 rings (SSSR count). The Balaban J connectivity index is 1.80. The molecule has 2 N–H and O–H groups in total. The Morgan fingerprint density at radius 2 is 1.68 bits per heavy atom. The van der Waals surface area contributed by atoms with E-state index < -0.39 is 17.5 Å². The third-order valence-electron chi connectivity index (χ3n) is 3.81. The van der Waals surface area contributed by atoms with Crippen molar-refractivity contribution < 1.29 is 18.4 Å². The molecule has 1 heterocycles. The van der Waals surface area contributed by atoms with E-state index in [1.54, 1.807) is 31.2 Å². The summed E-state index contributed by atoms with van der Waals surface area (Å²) in [5, 5.41) is 5.38. The third-order valence-corrected chi connectivity index (χ3v) is 3.81. The number of aryl methyl sites for hydroxylation is 1. The minimum atomic E-state index is -0.886. The molecule has 0 saturated heterocycles. The van der Waals surface area contributed by atoms with Gasteiger partial charge < -0.3 is 10.6 Å². The molecule has 142 valence electrons. The lowest BCUT2D eigenvalue weighted by Crippen LogP contribution is -2.16. The fourth-order valence-corrected chi connectivity index (χ4v) is 2.46. The molecule has 0 aliphatic heterocycles. The quantitative estimate of drug-likeness (QED) is 0.644. The predicted octanol–water partition coefficient (Wildman–Crippen LogP) is 4.26. The molecule has 0 atom stereocenters. The molecular formula is C20H16F2N4O2. The largest absolute Gasteiger partial charge is 0.340 e. The SMILES string of the molecule is CC(=O)c1ccc(Nc2cc(C(=O)Nc3ccc(F)cc3F)nc(C)n2)cc1. The Hall–Kier alpha value is -3.68. The van der Waals surface area contributed by atoms with Crippen molar-refractivity contribution in [2.75, 3.05) is 10.6 Å². The molecule has 0 saturated carbocycles. The Morgan fingerprint density at radius 1 is 0.964 bits per heavy atom. The zero-order valence-corrected chi connectivity index (χ0v) is 15.1. The molecule has 0 fully saturated rings. The van der Waals surface area contributed by atoms with E-state index in [1.165, 1.54) is 13.0 Å². The van der Waals surface area contributed by atoms with Crippen molar-refractivity contribution in [2.24, 2.45) is 0 Å². The molecule has 0 spiro atoms. The van der Waals surface area contributed by atoms with Crippen molar-refractivity contribution >= 4 is 28.9 Å². The summed E-state index contributed by atoms with van der Waals surface area (Å²) in [7, 11) is 0. The van der Waals surface area contributed by atoms with Gasteiger partial charge in [-0.1, -0.05) is 0 Å². The molecule has 1 amide bonds. The maximum atomic E-state index is 13.7. The summed E-state index contributed by atoms with van der Waals surface area (Å²) >= 11 is 0. The number of rotatable bonds is 5. The summed E-state index contributed by atoms with van der Waals surface area (Å²) < 4.78 is 26.7. The van der Waals surface area contributed by atoms with Crippen molar-refractivity contribution in [1.29, 1.82) is 0 Å². The first-order valence-electron chi connectivity index (χ1n) is 8.32. The smallest absolute Gasteiger partial charge is 0.274 e. The Morgan fingerprint density at radius 3 is 2.32 bits per heavy atom. The fraction of sp³-hybridized carbons (Fsp3) is 0.100. The number of amides is 1. The normalized spacial score (nSPS) is 10.4. The zero-order valence-electron chi connectivity index (χ0n) is 15.1. The molecule has 2 aromatic carbocycles. The molecule has 1 aromatic heterocycles. The monoisotopic (exact) mass is 382 g/mol. The molecule has 8 heteroatoms. The summed E-state index contributed by atoms with van der Waals surface area (Å²) in [6.45, 7) is 3.09. The zero-order chi connectivity index (χ0) is 20.3. The van der Waals surface area contributed by atoms with Crippen LogP contribution in [-0.2, 0) is 0 Å². The van der Waals surface area contributed by atoms with Crippen molar-refractivity contribution in [3.8, 4) is 0 Å². The summed E-state index contributed by atoms with van der Waals surface area (Å²) in [6, 6.07) is 11.0. The maximum absolute atomic E-state index is 13.7. The van der Waals surface area contributed by atoms with Crippen LogP contribution in [0, 0.1) is 18.6 Å². The number of hydrogen-bond acceptors (Lipinski definition) is 5. The van der Waals surface area contributed by atoms with Crippen LogP contribution < -0.4 is 10.6 Å². The molecule has 3 aromatic rings. The van der Waals surface area contributed by atoms with Crippen LogP contribution in [0.4, 0.5) is 26.0 Å². The summed E-state index contributed by atoms with van der Waals surface area (Å²) in [5.41, 5.74) is 1.10. The minimum absolute atomic E-state index is 0.0130. The molecule has 0 aliphatic rings. The summed E-state index contributed by atoms with van der Waals surface area (Å²) in [5.74, 6) is -1.65. The number of nitrogens with one attached hydrogen (secondary N) is 2. The standard InChI is InChI=1S/C20H16F2N4O2/c1-11(27)13-3-6-15(7-4-13)25-19-10-18(23-12(2)24-19)20(28)26-17-8-5-14(21)9-16(17)22/h3-10H,1-2H3,(H,26,28)(H,23,24,25). The number of carbonyl (C=O) groups is 2. The topological polar surface area (TPSA) is 84.0 Å². The molecule has 0 unspecified atom stereocenters. The van der Waals surface area contributed by atoms with Crippen LogP contribution >= 0.6 is 0 Å². The lowest BCUT2D eigenvalue weighted by molar-refractivity contribution is 0.101. The van der Waals surface area contributed by atoms with Gasteiger partial charge in [0.1, 0.15) is 29.0 Å². The van der Waals surface area contributed by atoms with Crippen LogP contribution in [-0.4, -0.2) is 21.7 Å². The number of hydrogen-bond donors (Lipinski definition) is 2.